The molecule has 0 saturated carbocycles. The molecule has 0 radical (unpaired) electrons. The first-order valence-electron chi connectivity index (χ1n) is 5.77. The van der Waals surface area contributed by atoms with Crippen molar-refractivity contribution in [2.45, 2.75) is 18.7 Å². The summed E-state index contributed by atoms with van der Waals surface area (Å²) in [5.41, 5.74) is 0.285. The summed E-state index contributed by atoms with van der Waals surface area (Å²) < 4.78 is 12.9. The fraction of sp³-hybridized carbons (Fsp3) is 0.385. The van der Waals surface area contributed by atoms with E-state index >= 15 is 0 Å². The van der Waals surface area contributed by atoms with Gasteiger partial charge in [-0.05, 0) is 32.0 Å². The number of amides is 1. The Morgan fingerprint density at radius 2 is 2.06 bits per heavy atom. The van der Waals surface area contributed by atoms with Crippen LogP contribution < -0.4 is 0 Å². The SMILES string of the molecule is CCN(CC)C(=O)CSc1ccc(F)cc1C=O. The van der Waals surface area contributed by atoms with Crippen LogP contribution in [0.3, 0.4) is 0 Å². The van der Waals surface area contributed by atoms with Crippen molar-refractivity contribution in [2.75, 3.05) is 18.8 Å². The van der Waals surface area contributed by atoms with Gasteiger partial charge in [0.1, 0.15) is 5.82 Å². The van der Waals surface area contributed by atoms with E-state index < -0.39 is 5.82 Å². The topological polar surface area (TPSA) is 37.4 Å². The summed E-state index contributed by atoms with van der Waals surface area (Å²) in [6, 6.07) is 3.99. The van der Waals surface area contributed by atoms with Crippen molar-refractivity contribution in [1.29, 1.82) is 0 Å². The second kappa shape index (κ2) is 7.16. The molecule has 0 aliphatic heterocycles. The largest absolute Gasteiger partial charge is 0.343 e. The molecule has 1 amide bonds. The van der Waals surface area contributed by atoms with Crippen molar-refractivity contribution < 1.29 is 14.0 Å². The molecule has 0 aliphatic rings. The van der Waals surface area contributed by atoms with Crippen LogP contribution in [0.25, 0.3) is 0 Å². The van der Waals surface area contributed by atoms with Gasteiger partial charge >= 0.3 is 0 Å². The first-order valence-corrected chi connectivity index (χ1v) is 6.76. The van der Waals surface area contributed by atoms with Gasteiger partial charge in [0.2, 0.25) is 5.91 Å². The van der Waals surface area contributed by atoms with E-state index in [4.69, 9.17) is 0 Å². The number of benzene rings is 1. The number of rotatable bonds is 6. The third-order valence-electron chi connectivity index (χ3n) is 2.57. The van der Waals surface area contributed by atoms with Gasteiger partial charge < -0.3 is 4.90 Å². The van der Waals surface area contributed by atoms with Crippen LogP contribution in [0.5, 0.6) is 0 Å². The Bertz CT molecular complexity index is 433. The molecule has 1 rings (SSSR count). The molecule has 0 aromatic heterocycles. The van der Waals surface area contributed by atoms with Crippen LogP contribution in [-0.4, -0.2) is 35.9 Å². The van der Waals surface area contributed by atoms with E-state index in [9.17, 15) is 14.0 Å². The van der Waals surface area contributed by atoms with E-state index in [0.717, 1.165) is 0 Å². The second-order valence-electron chi connectivity index (χ2n) is 3.65. The summed E-state index contributed by atoms with van der Waals surface area (Å²) in [6.45, 7) is 5.17. The highest BCUT2D eigenvalue weighted by atomic mass is 32.2. The van der Waals surface area contributed by atoms with Gasteiger partial charge in [0.15, 0.2) is 6.29 Å². The van der Waals surface area contributed by atoms with Gasteiger partial charge in [0.25, 0.3) is 0 Å². The zero-order valence-electron chi connectivity index (χ0n) is 10.5. The van der Waals surface area contributed by atoms with E-state index in [2.05, 4.69) is 0 Å². The number of thioether (sulfide) groups is 1. The summed E-state index contributed by atoms with van der Waals surface area (Å²) in [6.07, 6.45) is 0.604. The Morgan fingerprint density at radius 1 is 1.39 bits per heavy atom. The summed E-state index contributed by atoms with van der Waals surface area (Å²) in [5.74, 6) is -0.170. The zero-order chi connectivity index (χ0) is 13.5. The Labute approximate surface area is 110 Å². The summed E-state index contributed by atoms with van der Waals surface area (Å²) in [5, 5.41) is 0. The smallest absolute Gasteiger partial charge is 0.232 e. The maximum Gasteiger partial charge on any atom is 0.232 e. The molecule has 98 valence electrons. The Kier molecular flexibility index (Phi) is 5.85. The predicted molar refractivity (Wildman–Crippen MR) is 70.4 cm³/mol. The van der Waals surface area contributed by atoms with E-state index in [1.54, 1.807) is 4.90 Å². The number of carbonyl (C=O) groups excluding carboxylic acids is 2. The molecule has 0 bridgehead atoms. The number of halogens is 1. The average Bonchev–Trinajstić information content (AvgIpc) is 2.38. The second-order valence-corrected chi connectivity index (χ2v) is 4.67. The van der Waals surface area contributed by atoms with Crippen molar-refractivity contribution in [3.63, 3.8) is 0 Å². The fourth-order valence-corrected chi connectivity index (χ4v) is 2.45. The van der Waals surface area contributed by atoms with E-state index in [0.29, 0.717) is 24.3 Å². The molecular weight excluding hydrogens is 253 g/mol. The quantitative estimate of drug-likeness (QED) is 0.588. The Morgan fingerprint density at radius 3 is 2.61 bits per heavy atom. The van der Waals surface area contributed by atoms with Gasteiger partial charge in [0, 0.05) is 23.5 Å². The van der Waals surface area contributed by atoms with Crippen LogP contribution in [0.1, 0.15) is 24.2 Å². The zero-order valence-corrected chi connectivity index (χ0v) is 11.3. The molecule has 0 saturated heterocycles. The molecule has 0 aliphatic carbocycles. The molecule has 0 N–H and O–H groups in total. The Hall–Kier alpha value is -1.36. The third kappa shape index (κ3) is 3.84. The molecule has 1 aromatic carbocycles. The van der Waals surface area contributed by atoms with E-state index in [1.807, 2.05) is 13.8 Å². The van der Waals surface area contributed by atoms with Gasteiger partial charge in [-0.3, -0.25) is 9.59 Å². The van der Waals surface area contributed by atoms with Crippen molar-refractivity contribution in [2.24, 2.45) is 0 Å². The van der Waals surface area contributed by atoms with Crippen LogP contribution in [-0.2, 0) is 4.79 Å². The Balaban J connectivity index is 2.69. The number of hydrogen-bond donors (Lipinski definition) is 0. The van der Waals surface area contributed by atoms with Crippen LogP contribution in [0.4, 0.5) is 4.39 Å². The number of aldehydes is 1. The lowest BCUT2D eigenvalue weighted by Crippen LogP contribution is -2.31. The highest BCUT2D eigenvalue weighted by Gasteiger charge is 2.11. The highest BCUT2D eigenvalue weighted by molar-refractivity contribution is 8.00. The molecule has 0 unspecified atom stereocenters. The van der Waals surface area contributed by atoms with Crippen molar-refractivity contribution in [1.82, 2.24) is 4.90 Å². The normalized spacial score (nSPS) is 10.2. The monoisotopic (exact) mass is 269 g/mol. The number of hydrogen-bond acceptors (Lipinski definition) is 3. The van der Waals surface area contributed by atoms with Crippen molar-refractivity contribution in [3.05, 3.63) is 29.6 Å². The van der Waals surface area contributed by atoms with Gasteiger partial charge in [0.05, 0.1) is 5.75 Å². The first-order chi connectivity index (χ1) is 8.62. The van der Waals surface area contributed by atoms with Crippen molar-refractivity contribution in [3.8, 4) is 0 Å². The van der Waals surface area contributed by atoms with Crippen LogP contribution in [0, 0.1) is 5.82 Å². The summed E-state index contributed by atoms with van der Waals surface area (Å²) in [4.78, 5) is 24.9. The minimum atomic E-state index is -0.448. The average molecular weight is 269 g/mol. The number of nitrogens with zero attached hydrogens (tertiary/aromatic N) is 1. The van der Waals surface area contributed by atoms with Crippen molar-refractivity contribution >= 4 is 24.0 Å². The van der Waals surface area contributed by atoms with Crippen LogP contribution in [0.2, 0.25) is 0 Å². The number of carbonyl (C=O) groups is 2. The molecule has 0 heterocycles. The molecule has 0 spiro atoms. The lowest BCUT2D eigenvalue weighted by atomic mass is 10.2. The molecule has 1 aromatic rings. The molecule has 3 nitrogen and oxygen atoms in total. The highest BCUT2D eigenvalue weighted by Crippen LogP contribution is 2.22. The standard InChI is InChI=1S/C13H16FNO2S/c1-3-15(4-2)13(17)9-18-12-6-5-11(14)7-10(12)8-16/h5-8H,3-4,9H2,1-2H3. The summed E-state index contributed by atoms with van der Waals surface area (Å²) in [7, 11) is 0. The molecule has 18 heavy (non-hydrogen) atoms. The predicted octanol–water partition coefficient (Wildman–Crippen LogP) is 2.60. The molecule has 0 atom stereocenters. The maximum atomic E-state index is 12.9. The van der Waals surface area contributed by atoms with Gasteiger partial charge in [-0.2, -0.15) is 0 Å². The maximum absolute atomic E-state index is 12.9. The van der Waals surface area contributed by atoms with Crippen LogP contribution >= 0.6 is 11.8 Å². The first kappa shape index (κ1) is 14.7. The van der Waals surface area contributed by atoms with E-state index in [1.165, 1.54) is 30.0 Å². The molecular formula is C13H16FNO2S. The lowest BCUT2D eigenvalue weighted by molar-refractivity contribution is -0.127. The van der Waals surface area contributed by atoms with Gasteiger partial charge in [-0.1, -0.05) is 0 Å². The third-order valence-corrected chi connectivity index (χ3v) is 3.64. The fourth-order valence-electron chi connectivity index (χ4n) is 1.55. The van der Waals surface area contributed by atoms with Gasteiger partial charge in [-0.25, -0.2) is 4.39 Å². The summed E-state index contributed by atoms with van der Waals surface area (Å²) >= 11 is 1.26. The molecule has 0 fully saturated rings. The van der Waals surface area contributed by atoms with Gasteiger partial charge in [-0.15, -0.1) is 11.8 Å². The lowest BCUT2D eigenvalue weighted by Gasteiger charge is -2.18. The van der Waals surface area contributed by atoms with E-state index in [-0.39, 0.29) is 17.2 Å². The molecule has 5 heteroatoms. The minimum absolute atomic E-state index is 0.0196. The minimum Gasteiger partial charge on any atom is -0.343 e. The van der Waals surface area contributed by atoms with Crippen LogP contribution in [0.15, 0.2) is 23.1 Å².